The van der Waals surface area contributed by atoms with Crippen molar-refractivity contribution < 1.29 is 28.5 Å². The van der Waals surface area contributed by atoms with Crippen LogP contribution in [-0.4, -0.2) is 38.4 Å². The fraction of sp³-hybridized carbons (Fsp3) is 0.455. The summed E-state index contributed by atoms with van der Waals surface area (Å²) in [5.41, 5.74) is 0. The van der Waals surface area contributed by atoms with Gasteiger partial charge in [-0.3, -0.25) is 9.59 Å². The van der Waals surface area contributed by atoms with Gasteiger partial charge in [0.25, 0.3) is 0 Å². The second kappa shape index (κ2) is 10.5. The summed E-state index contributed by atoms with van der Waals surface area (Å²) in [5, 5.41) is 1.75. The summed E-state index contributed by atoms with van der Waals surface area (Å²) in [6, 6.07) is 11.3. The molecule has 2 atom stereocenters. The Hall–Kier alpha value is -2.76. The Morgan fingerprint density at radius 1 is 0.750 bits per heavy atom. The van der Waals surface area contributed by atoms with E-state index < -0.39 is 0 Å². The number of carbonyl (C=O) groups is 2. The van der Waals surface area contributed by atoms with Crippen LogP contribution in [0, 0.1) is 11.8 Å². The van der Waals surface area contributed by atoms with E-state index in [1.165, 1.54) is 0 Å². The standard InChI is InChI=1S/C22H28O6/c1-5-25-21(23)15(3)13-27-19-11-12-20(18-10-8-7-9-17(18)19)28-14-16(4)22(24)26-6-2/h7-12,15-16H,5-6,13-14H2,1-4H3. The topological polar surface area (TPSA) is 71.1 Å². The van der Waals surface area contributed by atoms with E-state index in [4.69, 9.17) is 18.9 Å². The van der Waals surface area contributed by atoms with Gasteiger partial charge in [0.05, 0.1) is 25.0 Å². The lowest BCUT2D eigenvalue weighted by Crippen LogP contribution is -2.21. The number of rotatable bonds is 10. The highest BCUT2D eigenvalue weighted by Gasteiger charge is 2.18. The lowest BCUT2D eigenvalue weighted by molar-refractivity contribution is -0.149. The highest BCUT2D eigenvalue weighted by atomic mass is 16.5. The zero-order valence-corrected chi connectivity index (χ0v) is 16.9. The van der Waals surface area contributed by atoms with Gasteiger partial charge >= 0.3 is 11.9 Å². The normalized spacial score (nSPS) is 12.9. The maximum absolute atomic E-state index is 11.8. The molecule has 2 aromatic carbocycles. The summed E-state index contributed by atoms with van der Waals surface area (Å²) < 4.78 is 21.8. The number of hydrogen-bond acceptors (Lipinski definition) is 6. The molecular formula is C22H28O6. The Morgan fingerprint density at radius 2 is 1.14 bits per heavy atom. The van der Waals surface area contributed by atoms with E-state index in [1.807, 2.05) is 36.4 Å². The first kappa shape index (κ1) is 21.5. The summed E-state index contributed by atoms with van der Waals surface area (Å²) in [4.78, 5) is 23.5. The molecule has 6 nitrogen and oxygen atoms in total. The van der Waals surface area contributed by atoms with Crippen LogP contribution in [0.2, 0.25) is 0 Å². The molecule has 6 heteroatoms. The lowest BCUT2D eigenvalue weighted by Gasteiger charge is -2.17. The van der Waals surface area contributed by atoms with E-state index in [-0.39, 0.29) is 37.0 Å². The molecule has 0 bridgehead atoms. The van der Waals surface area contributed by atoms with Gasteiger partial charge in [0.1, 0.15) is 24.7 Å². The van der Waals surface area contributed by atoms with Gasteiger partial charge < -0.3 is 18.9 Å². The molecule has 2 unspecified atom stereocenters. The molecule has 0 fully saturated rings. The van der Waals surface area contributed by atoms with Crippen molar-refractivity contribution in [2.45, 2.75) is 27.7 Å². The number of ether oxygens (including phenoxy) is 4. The Bertz CT molecular complexity index is 734. The molecule has 2 rings (SSSR count). The summed E-state index contributed by atoms with van der Waals surface area (Å²) in [6.07, 6.45) is 0. The average molecular weight is 388 g/mol. The minimum Gasteiger partial charge on any atom is -0.492 e. The van der Waals surface area contributed by atoms with Crippen LogP contribution >= 0.6 is 0 Å². The van der Waals surface area contributed by atoms with Gasteiger partial charge in [0, 0.05) is 10.8 Å². The molecule has 0 radical (unpaired) electrons. The predicted molar refractivity (Wildman–Crippen MR) is 107 cm³/mol. The van der Waals surface area contributed by atoms with Crippen LogP contribution in [0.3, 0.4) is 0 Å². The summed E-state index contributed by atoms with van der Waals surface area (Å²) in [5.74, 6) is 0.0506. The monoisotopic (exact) mass is 388 g/mol. The molecule has 0 spiro atoms. The molecule has 0 aliphatic heterocycles. The molecule has 0 aliphatic carbocycles. The molecule has 2 aromatic rings. The second-order valence-electron chi connectivity index (χ2n) is 6.54. The highest BCUT2D eigenvalue weighted by Crippen LogP contribution is 2.33. The molecule has 152 valence electrons. The van der Waals surface area contributed by atoms with Crippen LogP contribution in [0.25, 0.3) is 10.8 Å². The molecule has 0 aromatic heterocycles. The summed E-state index contributed by atoms with van der Waals surface area (Å²) in [7, 11) is 0. The van der Waals surface area contributed by atoms with Crippen LogP contribution in [-0.2, 0) is 19.1 Å². The Balaban J connectivity index is 2.11. The Kier molecular flexibility index (Phi) is 8.11. The molecule has 0 aliphatic rings. The van der Waals surface area contributed by atoms with Gasteiger partial charge in [-0.2, -0.15) is 0 Å². The van der Waals surface area contributed by atoms with Gasteiger partial charge in [-0.15, -0.1) is 0 Å². The van der Waals surface area contributed by atoms with Crippen molar-refractivity contribution in [2.75, 3.05) is 26.4 Å². The minimum absolute atomic E-state index is 0.225. The van der Waals surface area contributed by atoms with Gasteiger partial charge in [0.15, 0.2) is 0 Å². The van der Waals surface area contributed by atoms with Crippen molar-refractivity contribution >= 4 is 22.7 Å². The predicted octanol–water partition coefficient (Wildman–Crippen LogP) is 4.00. The van der Waals surface area contributed by atoms with E-state index in [0.29, 0.717) is 24.7 Å². The summed E-state index contributed by atoms with van der Waals surface area (Å²) in [6.45, 7) is 8.25. The molecule has 0 saturated carbocycles. The number of esters is 2. The maximum atomic E-state index is 11.8. The van der Waals surface area contributed by atoms with Gasteiger partial charge in [-0.1, -0.05) is 24.3 Å². The highest BCUT2D eigenvalue weighted by molar-refractivity contribution is 5.93. The van der Waals surface area contributed by atoms with Crippen molar-refractivity contribution in [3.63, 3.8) is 0 Å². The van der Waals surface area contributed by atoms with E-state index in [1.54, 1.807) is 27.7 Å². The molecular weight excluding hydrogens is 360 g/mol. The third kappa shape index (κ3) is 5.62. The van der Waals surface area contributed by atoms with Gasteiger partial charge in [0.2, 0.25) is 0 Å². The Labute approximate surface area is 165 Å². The average Bonchev–Trinajstić information content (AvgIpc) is 2.70. The van der Waals surface area contributed by atoms with Crippen molar-refractivity contribution in [2.24, 2.45) is 11.8 Å². The van der Waals surface area contributed by atoms with Crippen LogP contribution < -0.4 is 9.47 Å². The molecule has 28 heavy (non-hydrogen) atoms. The fourth-order valence-electron chi connectivity index (χ4n) is 2.63. The zero-order chi connectivity index (χ0) is 20.5. The van der Waals surface area contributed by atoms with E-state index >= 15 is 0 Å². The molecule has 0 heterocycles. The zero-order valence-electron chi connectivity index (χ0n) is 16.9. The molecule has 0 saturated heterocycles. The van der Waals surface area contributed by atoms with Crippen molar-refractivity contribution in [3.8, 4) is 11.5 Å². The van der Waals surface area contributed by atoms with E-state index in [2.05, 4.69) is 0 Å². The van der Waals surface area contributed by atoms with Crippen molar-refractivity contribution in [1.82, 2.24) is 0 Å². The van der Waals surface area contributed by atoms with Crippen LogP contribution in [0.5, 0.6) is 11.5 Å². The van der Waals surface area contributed by atoms with Gasteiger partial charge in [-0.05, 0) is 39.8 Å². The maximum Gasteiger partial charge on any atom is 0.312 e. The van der Waals surface area contributed by atoms with E-state index in [9.17, 15) is 9.59 Å². The van der Waals surface area contributed by atoms with Crippen molar-refractivity contribution in [1.29, 1.82) is 0 Å². The number of benzene rings is 2. The van der Waals surface area contributed by atoms with Gasteiger partial charge in [-0.25, -0.2) is 0 Å². The first-order valence-electron chi connectivity index (χ1n) is 9.58. The van der Waals surface area contributed by atoms with Crippen LogP contribution in [0.4, 0.5) is 0 Å². The first-order valence-corrected chi connectivity index (χ1v) is 9.58. The minimum atomic E-state index is -0.361. The molecule has 0 amide bonds. The largest absolute Gasteiger partial charge is 0.492 e. The molecule has 0 N–H and O–H groups in total. The smallest absolute Gasteiger partial charge is 0.312 e. The van der Waals surface area contributed by atoms with Crippen LogP contribution in [0.1, 0.15) is 27.7 Å². The Morgan fingerprint density at radius 3 is 1.50 bits per heavy atom. The van der Waals surface area contributed by atoms with Crippen molar-refractivity contribution in [3.05, 3.63) is 36.4 Å². The number of fused-ring (bicyclic) bond motifs is 1. The number of carbonyl (C=O) groups excluding carboxylic acids is 2. The lowest BCUT2D eigenvalue weighted by atomic mass is 10.1. The quantitative estimate of drug-likeness (QED) is 0.573. The number of hydrogen-bond donors (Lipinski definition) is 0. The SMILES string of the molecule is CCOC(=O)C(C)COc1ccc(OCC(C)C(=O)OCC)c2ccccc12. The second-order valence-corrected chi connectivity index (χ2v) is 6.54. The fourth-order valence-corrected chi connectivity index (χ4v) is 2.63. The third-order valence-electron chi connectivity index (χ3n) is 4.20. The van der Waals surface area contributed by atoms with E-state index in [0.717, 1.165) is 10.8 Å². The van der Waals surface area contributed by atoms with Crippen LogP contribution in [0.15, 0.2) is 36.4 Å². The first-order chi connectivity index (χ1) is 13.5. The summed E-state index contributed by atoms with van der Waals surface area (Å²) >= 11 is 0. The third-order valence-corrected chi connectivity index (χ3v) is 4.20.